The van der Waals surface area contributed by atoms with Gasteiger partial charge in [0.1, 0.15) is 6.54 Å². The average molecular weight is 175 g/mol. The Morgan fingerprint density at radius 2 is 1.83 bits per heavy atom. The molecule has 4 heteroatoms. The Bertz CT molecular complexity index is 134. The highest BCUT2D eigenvalue weighted by Crippen LogP contribution is 1.83. The van der Waals surface area contributed by atoms with Crippen molar-refractivity contribution in [2.24, 2.45) is 0 Å². The molecule has 0 aliphatic rings. The predicted octanol–water partition coefficient (Wildman–Crippen LogP) is 1.01. The van der Waals surface area contributed by atoms with Gasteiger partial charge in [-0.1, -0.05) is 20.8 Å². The van der Waals surface area contributed by atoms with Crippen molar-refractivity contribution in [2.75, 3.05) is 6.54 Å². The van der Waals surface area contributed by atoms with Crippen LogP contribution in [0.25, 0.3) is 0 Å². The summed E-state index contributed by atoms with van der Waals surface area (Å²) in [6, 6.07) is 0. The van der Waals surface area contributed by atoms with E-state index in [1.54, 1.807) is 0 Å². The molecule has 0 aliphatic carbocycles. The van der Waals surface area contributed by atoms with Gasteiger partial charge in [0.25, 0.3) is 0 Å². The van der Waals surface area contributed by atoms with Gasteiger partial charge in [0.05, 0.1) is 0 Å². The topological polar surface area (TPSA) is 66.4 Å². The first kappa shape index (κ1) is 13.5. The van der Waals surface area contributed by atoms with E-state index in [1.807, 2.05) is 20.8 Å². The summed E-state index contributed by atoms with van der Waals surface area (Å²) in [5.41, 5.74) is 0. The highest BCUT2D eigenvalue weighted by Gasteiger charge is 2.00. The number of aliphatic carboxylic acids is 1. The third kappa shape index (κ3) is 11.7. The smallest absolute Gasteiger partial charge is 0.322 e. The van der Waals surface area contributed by atoms with Gasteiger partial charge in [-0.2, -0.15) is 0 Å². The first-order valence-electron chi connectivity index (χ1n) is 4.15. The molecule has 0 spiro atoms. The number of amides is 1. The van der Waals surface area contributed by atoms with Gasteiger partial charge in [0.15, 0.2) is 0 Å². The molecule has 2 N–H and O–H groups in total. The summed E-state index contributed by atoms with van der Waals surface area (Å²) in [7, 11) is 0. The van der Waals surface area contributed by atoms with Gasteiger partial charge in [-0.3, -0.25) is 9.59 Å². The minimum absolute atomic E-state index is 0.204. The molecule has 0 unspecified atom stereocenters. The zero-order valence-electron chi connectivity index (χ0n) is 7.89. The third-order valence-electron chi connectivity index (χ3n) is 0.914. The van der Waals surface area contributed by atoms with Crippen LogP contribution in [-0.2, 0) is 9.59 Å². The molecule has 0 bridgehead atoms. The van der Waals surface area contributed by atoms with Crippen LogP contribution in [0.1, 0.15) is 33.6 Å². The number of carboxylic acids is 1. The zero-order valence-corrected chi connectivity index (χ0v) is 7.89. The van der Waals surface area contributed by atoms with E-state index in [-0.39, 0.29) is 12.5 Å². The number of carbonyl (C=O) groups excluding carboxylic acids is 1. The molecule has 0 fully saturated rings. The second-order valence-electron chi connectivity index (χ2n) is 1.92. The Balaban J connectivity index is 0. The Morgan fingerprint density at radius 3 is 2.17 bits per heavy atom. The van der Waals surface area contributed by atoms with Crippen molar-refractivity contribution >= 4 is 11.9 Å². The minimum atomic E-state index is -1.01. The molecule has 0 radical (unpaired) electrons. The lowest BCUT2D eigenvalue weighted by molar-refractivity contribution is -0.137. The second-order valence-corrected chi connectivity index (χ2v) is 1.92. The Morgan fingerprint density at radius 1 is 1.33 bits per heavy atom. The van der Waals surface area contributed by atoms with Crippen LogP contribution in [0.15, 0.2) is 0 Å². The molecule has 0 aromatic heterocycles. The van der Waals surface area contributed by atoms with Crippen LogP contribution in [0.5, 0.6) is 0 Å². The molecule has 0 atom stereocenters. The molecule has 0 saturated heterocycles. The van der Waals surface area contributed by atoms with Crippen molar-refractivity contribution in [1.82, 2.24) is 5.32 Å². The number of carboxylic acid groups (broad SMARTS) is 1. The number of hydrogen-bond donors (Lipinski definition) is 2. The van der Waals surface area contributed by atoms with Crippen molar-refractivity contribution in [3.63, 3.8) is 0 Å². The van der Waals surface area contributed by atoms with Crippen LogP contribution in [-0.4, -0.2) is 23.5 Å². The minimum Gasteiger partial charge on any atom is -0.480 e. The van der Waals surface area contributed by atoms with E-state index in [0.29, 0.717) is 6.42 Å². The molecule has 0 aliphatic heterocycles. The van der Waals surface area contributed by atoms with Gasteiger partial charge in [-0.05, 0) is 6.42 Å². The lowest BCUT2D eigenvalue weighted by Gasteiger charge is -1.97. The Labute approximate surface area is 73.0 Å². The van der Waals surface area contributed by atoms with E-state index in [0.717, 1.165) is 6.42 Å². The zero-order chi connectivity index (χ0) is 9.98. The summed E-state index contributed by atoms with van der Waals surface area (Å²) in [6.45, 7) is 5.58. The highest BCUT2D eigenvalue weighted by atomic mass is 16.4. The standard InChI is InChI=1S/C6H11NO3.C2H6/c1-2-3-5(8)7-4-6(9)10;1-2/h2-4H2,1H3,(H,7,8)(H,9,10);1-2H3. The Hall–Kier alpha value is -1.06. The molecule has 72 valence electrons. The molecule has 0 aromatic rings. The van der Waals surface area contributed by atoms with E-state index in [1.165, 1.54) is 0 Å². The second kappa shape index (κ2) is 9.94. The molecule has 0 saturated carbocycles. The van der Waals surface area contributed by atoms with Crippen molar-refractivity contribution in [2.45, 2.75) is 33.6 Å². The maximum atomic E-state index is 10.6. The maximum Gasteiger partial charge on any atom is 0.322 e. The molecule has 0 rings (SSSR count). The van der Waals surface area contributed by atoms with Crippen LogP contribution >= 0.6 is 0 Å². The molecular formula is C8H17NO3. The van der Waals surface area contributed by atoms with E-state index in [9.17, 15) is 9.59 Å². The summed E-state index contributed by atoms with van der Waals surface area (Å²) >= 11 is 0. The fourth-order valence-electron chi connectivity index (χ4n) is 0.490. The molecule has 1 amide bonds. The number of carbonyl (C=O) groups is 2. The van der Waals surface area contributed by atoms with Gasteiger partial charge in [-0.25, -0.2) is 0 Å². The largest absolute Gasteiger partial charge is 0.480 e. The van der Waals surface area contributed by atoms with Gasteiger partial charge in [0.2, 0.25) is 5.91 Å². The first-order valence-corrected chi connectivity index (χ1v) is 4.15. The highest BCUT2D eigenvalue weighted by molar-refractivity contribution is 5.80. The SMILES string of the molecule is CC.CCCC(=O)NCC(=O)O. The van der Waals surface area contributed by atoms with Crippen LogP contribution < -0.4 is 5.32 Å². The summed E-state index contributed by atoms with van der Waals surface area (Å²) in [6.07, 6.45) is 1.14. The summed E-state index contributed by atoms with van der Waals surface area (Å²) in [4.78, 5) is 20.5. The molecular weight excluding hydrogens is 158 g/mol. The van der Waals surface area contributed by atoms with E-state index in [4.69, 9.17) is 5.11 Å². The van der Waals surface area contributed by atoms with E-state index >= 15 is 0 Å². The van der Waals surface area contributed by atoms with Crippen molar-refractivity contribution in [3.05, 3.63) is 0 Å². The number of hydrogen-bond acceptors (Lipinski definition) is 2. The summed E-state index contributed by atoms with van der Waals surface area (Å²) in [5.74, 6) is -1.21. The third-order valence-corrected chi connectivity index (χ3v) is 0.914. The van der Waals surface area contributed by atoms with E-state index < -0.39 is 5.97 Å². The maximum absolute atomic E-state index is 10.6. The van der Waals surface area contributed by atoms with Crippen LogP contribution in [0.2, 0.25) is 0 Å². The predicted molar refractivity (Wildman–Crippen MR) is 46.9 cm³/mol. The lowest BCUT2D eigenvalue weighted by Crippen LogP contribution is -2.28. The van der Waals surface area contributed by atoms with Crippen molar-refractivity contribution in [1.29, 1.82) is 0 Å². The van der Waals surface area contributed by atoms with Crippen LogP contribution in [0.4, 0.5) is 0 Å². The summed E-state index contributed by atoms with van der Waals surface area (Å²) in [5, 5.41) is 10.4. The molecule has 0 heterocycles. The molecule has 4 nitrogen and oxygen atoms in total. The normalized spacial score (nSPS) is 7.92. The molecule has 12 heavy (non-hydrogen) atoms. The van der Waals surface area contributed by atoms with Gasteiger partial charge in [0, 0.05) is 6.42 Å². The van der Waals surface area contributed by atoms with Gasteiger partial charge < -0.3 is 10.4 Å². The van der Waals surface area contributed by atoms with Crippen molar-refractivity contribution < 1.29 is 14.7 Å². The van der Waals surface area contributed by atoms with Crippen LogP contribution in [0.3, 0.4) is 0 Å². The summed E-state index contributed by atoms with van der Waals surface area (Å²) < 4.78 is 0. The van der Waals surface area contributed by atoms with Crippen molar-refractivity contribution in [3.8, 4) is 0 Å². The quantitative estimate of drug-likeness (QED) is 0.670. The monoisotopic (exact) mass is 175 g/mol. The van der Waals surface area contributed by atoms with Crippen LogP contribution in [0, 0.1) is 0 Å². The molecule has 0 aromatic carbocycles. The first-order chi connectivity index (χ1) is 5.66. The van der Waals surface area contributed by atoms with Gasteiger partial charge >= 0.3 is 5.97 Å². The fourth-order valence-corrected chi connectivity index (χ4v) is 0.490. The number of rotatable bonds is 4. The fraction of sp³-hybridized carbons (Fsp3) is 0.750. The number of nitrogens with one attached hydrogen (secondary N) is 1. The van der Waals surface area contributed by atoms with Gasteiger partial charge in [-0.15, -0.1) is 0 Å². The lowest BCUT2D eigenvalue weighted by atomic mass is 10.3. The van der Waals surface area contributed by atoms with E-state index in [2.05, 4.69) is 5.32 Å². The Kier molecular flexibility index (Phi) is 11.2. The average Bonchev–Trinajstić information content (AvgIpc) is 2.05.